The molecule has 0 radical (unpaired) electrons. The Morgan fingerprint density at radius 3 is 3.12 bits per heavy atom. The molecule has 5 heteroatoms. The Balaban J connectivity index is 1.96. The Hall–Kier alpha value is -0.840. The van der Waals surface area contributed by atoms with E-state index < -0.39 is 0 Å². The monoisotopic (exact) mass is 285 g/mol. The molecule has 88 valence electrons. The maximum absolute atomic E-state index is 11.5. The van der Waals surface area contributed by atoms with E-state index in [1.165, 1.54) is 6.42 Å². The van der Waals surface area contributed by atoms with E-state index in [1.54, 1.807) is 6.20 Å². The van der Waals surface area contributed by atoms with Gasteiger partial charge in [0.1, 0.15) is 0 Å². The first-order valence-electron chi connectivity index (χ1n) is 5.64. The van der Waals surface area contributed by atoms with E-state index in [9.17, 15) is 4.79 Å². The molecule has 1 aromatic rings. The summed E-state index contributed by atoms with van der Waals surface area (Å²) in [4.78, 5) is 15.6. The number of nitrogens with zero attached hydrogens (tertiary/aromatic N) is 2. The molecule has 0 aliphatic heterocycles. The molecule has 1 saturated carbocycles. The van der Waals surface area contributed by atoms with Gasteiger partial charge in [0.25, 0.3) is 0 Å². The van der Waals surface area contributed by atoms with Crippen LogP contribution in [-0.4, -0.2) is 26.8 Å². The Kier molecular flexibility index (Phi) is 3.98. The molecule has 0 aromatic carbocycles. The quantitative estimate of drug-likeness (QED) is 0.859. The molecule has 1 aromatic heterocycles. The van der Waals surface area contributed by atoms with Gasteiger partial charge in [0.2, 0.25) is 5.91 Å². The summed E-state index contributed by atoms with van der Waals surface area (Å²) in [6, 6.07) is 0.641. The zero-order valence-electron chi connectivity index (χ0n) is 9.10. The Labute approximate surface area is 104 Å². The van der Waals surface area contributed by atoms with Crippen molar-refractivity contribution < 1.29 is 4.79 Å². The van der Waals surface area contributed by atoms with Gasteiger partial charge in [-0.1, -0.05) is 15.9 Å². The second-order valence-electron chi connectivity index (χ2n) is 4.12. The predicted molar refractivity (Wildman–Crippen MR) is 65.5 cm³/mol. The fraction of sp³-hybridized carbons (Fsp3) is 0.636. The van der Waals surface area contributed by atoms with Crippen LogP contribution in [0.15, 0.2) is 18.7 Å². The number of carbonyl (C=O) groups is 1. The SMILES string of the molecule is O=C(CCBr)NC1CCCC1n1ccnc1. The second-order valence-corrected chi connectivity index (χ2v) is 4.91. The zero-order valence-corrected chi connectivity index (χ0v) is 10.7. The number of aromatic nitrogens is 2. The third kappa shape index (κ3) is 2.64. The molecule has 0 bridgehead atoms. The number of halogens is 1. The summed E-state index contributed by atoms with van der Waals surface area (Å²) in [6.45, 7) is 0. The fourth-order valence-electron chi connectivity index (χ4n) is 2.30. The van der Waals surface area contributed by atoms with Crippen LogP contribution >= 0.6 is 15.9 Å². The first kappa shape index (κ1) is 11.6. The summed E-state index contributed by atoms with van der Waals surface area (Å²) in [6.07, 6.45) is 9.50. The van der Waals surface area contributed by atoms with Gasteiger partial charge in [-0.3, -0.25) is 4.79 Å². The van der Waals surface area contributed by atoms with Gasteiger partial charge in [0, 0.05) is 30.2 Å². The topological polar surface area (TPSA) is 46.9 Å². The van der Waals surface area contributed by atoms with Crippen molar-refractivity contribution in [2.75, 3.05) is 5.33 Å². The highest BCUT2D eigenvalue weighted by Crippen LogP contribution is 2.29. The molecule has 1 fully saturated rings. The molecule has 1 heterocycles. The average molecular weight is 286 g/mol. The lowest BCUT2D eigenvalue weighted by molar-refractivity contribution is -0.121. The molecule has 1 aliphatic rings. The number of hydrogen-bond acceptors (Lipinski definition) is 2. The summed E-state index contributed by atoms with van der Waals surface area (Å²) < 4.78 is 2.10. The minimum Gasteiger partial charge on any atom is -0.351 e. The van der Waals surface area contributed by atoms with E-state index in [0.29, 0.717) is 12.5 Å². The lowest BCUT2D eigenvalue weighted by Crippen LogP contribution is -2.38. The highest BCUT2D eigenvalue weighted by Gasteiger charge is 2.29. The fourth-order valence-corrected chi connectivity index (χ4v) is 2.66. The molecular formula is C11H16BrN3O. The number of hydrogen-bond donors (Lipinski definition) is 1. The van der Waals surface area contributed by atoms with Gasteiger partial charge in [0.05, 0.1) is 12.4 Å². The standard InChI is InChI=1S/C11H16BrN3O/c12-5-4-11(16)14-9-2-1-3-10(9)15-7-6-13-8-15/h6-10H,1-5H2,(H,14,16). The van der Waals surface area contributed by atoms with Gasteiger partial charge in [-0.05, 0) is 19.3 Å². The Morgan fingerprint density at radius 1 is 1.56 bits per heavy atom. The summed E-state index contributed by atoms with van der Waals surface area (Å²) in [5.74, 6) is 0.133. The number of amides is 1. The summed E-state index contributed by atoms with van der Waals surface area (Å²) in [5.41, 5.74) is 0. The highest BCUT2D eigenvalue weighted by atomic mass is 79.9. The van der Waals surface area contributed by atoms with Crippen LogP contribution in [0, 0.1) is 0 Å². The molecule has 16 heavy (non-hydrogen) atoms. The molecule has 1 amide bonds. The van der Waals surface area contributed by atoms with Crippen molar-refractivity contribution in [3.8, 4) is 0 Å². The average Bonchev–Trinajstić information content (AvgIpc) is 2.86. The molecule has 0 saturated heterocycles. The van der Waals surface area contributed by atoms with Crippen LogP contribution in [-0.2, 0) is 4.79 Å². The molecule has 4 nitrogen and oxygen atoms in total. The number of nitrogens with one attached hydrogen (secondary N) is 1. The van der Waals surface area contributed by atoms with Gasteiger partial charge < -0.3 is 9.88 Å². The minimum absolute atomic E-state index is 0.133. The maximum Gasteiger partial charge on any atom is 0.221 e. The van der Waals surface area contributed by atoms with Gasteiger partial charge in [-0.2, -0.15) is 0 Å². The van der Waals surface area contributed by atoms with Gasteiger partial charge in [-0.25, -0.2) is 4.98 Å². The van der Waals surface area contributed by atoms with Crippen LogP contribution in [0.25, 0.3) is 0 Å². The lowest BCUT2D eigenvalue weighted by atomic mass is 10.1. The van der Waals surface area contributed by atoms with E-state index in [2.05, 4.69) is 30.8 Å². The third-order valence-corrected chi connectivity index (χ3v) is 3.45. The molecule has 0 spiro atoms. The number of carbonyl (C=O) groups excluding carboxylic acids is 1. The van der Waals surface area contributed by atoms with Crippen LogP contribution in [0.4, 0.5) is 0 Å². The lowest BCUT2D eigenvalue weighted by Gasteiger charge is -2.21. The Bertz CT molecular complexity index is 339. The second kappa shape index (κ2) is 5.48. The van der Waals surface area contributed by atoms with Crippen LogP contribution in [0.3, 0.4) is 0 Å². The summed E-state index contributed by atoms with van der Waals surface area (Å²) in [7, 11) is 0. The van der Waals surface area contributed by atoms with Crippen molar-refractivity contribution in [3.05, 3.63) is 18.7 Å². The van der Waals surface area contributed by atoms with E-state index in [1.807, 2.05) is 12.5 Å². The largest absolute Gasteiger partial charge is 0.351 e. The number of alkyl halides is 1. The molecule has 2 atom stereocenters. The molecule has 1 aliphatic carbocycles. The van der Waals surface area contributed by atoms with E-state index in [4.69, 9.17) is 0 Å². The third-order valence-electron chi connectivity index (χ3n) is 3.06. The molecule has 2 rings (SSSR count). The van der Waals surface area contributed by atoms with Crippen molar-refractivity contribution in [1.29, 1.82) is 0 Å². The van der Waals surface area contributed by atoms with Crippen LogP contribution in [0.5, 0.6) is 0 Å². The smallest absolute Gasteiger partial charge is 0.221 e. The first-order valence-corrected chi connectivity index (χ1v) is 6.76. The first-order chi connectivity index (χ1) is 7.81. The predicted octanol–water partition coefficient (Wildman–Crippen LogP) is 1.88. The van der Waals surface area contributed by atoms with Gasteiger partial charge in [0.15, 0.2) is 0 Å². The van der Waals surface area contributed by atoms with Crippen molar-refractivity contribution in [3.63, 3.8) is 0 Å². The van der Waals surface area contributed by atoms with Gasteiger partial charge >= 0.3 is 0 Å². The molecule has 1 N–H and O–H groups in total. The maximum atomic E-state index is 11.5. The van der Waals surface area contributed by atoms with E-state index in [0.717, 1.165) is 18.2 Å². The number of imidazole rings is 1. The van der Waals surface area contributed by atoms with Crippen molar-refractivity contribution in [1.82, 2.24) is 14.9 Å². The van der Waals surface area contributed by atoms with Crippen LogP contribution < -0.4 is 5.32 Å². The molecular weight excluding hydrogens is 270 g/mol. The summed E-state index contributed by atoms with van der Waals surface area (Å²) >= 11 is 3.28. The minimum atomic E-state index is 0.133. The zero-order chi connectivity index (χ0) is 11.4. The normalized spacial score (nSPS) is 24.6. The van der Waals surface area contributed by atoms with Gasteiger partial charge in [-0.15, -0.1) is 0 Å². The van der Waals surface area contributed by atoms with Crippen LogP contribution in [0.1, 0.15) is 31.7 Å². The van der Waals surface area contributed by atoms with Crippen molar-refractivity contribution >= 4 is 21.8 Å². The Morgan fingerprint density at radius 2 is 2.44 bits per heavy atom. The highest BCUT2D eigenvalue weighted by molar-refractivity contribution is 9.09. The summed E-state index contributed by atoms with van der Waals surface area (Å²) in [5, 5.41) is 3.82. The van der Waals surface area contributed by atoms with E-state index in [-0.39, 0.29) is 11.9 Å². The van der Waals surface area contributed by atoms with Crippen molar-refractivity contribution in [2.24, 2.45) is 0 Å². The van der Waals surface area contributed by atoms with Crippen molar-refractivity contribution in [2.45, 2.75) is 37.8 Å². The number of rotatable bonds is 4. The van der Waals surface area contributed by atoms with E-state index >= 15 is 0 Å². The van der Waals surface area contributed by atoms with Crippen LogP contribution in [0.2, 0.25) is 0 Å². The molecule has 2 unspecified atom stereocenters.